The molecule has 0 radical (unpaired) electrons. The Morgan fingerprint density at radius 2 is 1.92 bits per heavy atom. The van der Waals surface area contributed by atoms with Gasteiger partial charge in [-0.2, -0.15) is 0 Å². The van der Waals surface area contributed by atoms with Crippen molar-refractivity contribution in [1.29, 1.82) is 0 Å². The molecule has 0 amide bonds. The maximum absolute atomic E-state index is 12.3. The molecular weight excluding hydrogens is 340 g/mol. The van der Waals surface area contributed by atoms with Crippen molar-refractivity contribution >= 4 is 11.9 Å². The van der Waals surface area contributed by atoms with Crippen LogP contribution in [0.25, 0.3) is 0 Å². The fourth-order valence-electron chi connectivity index (χ4n) is 6.54. The Kier molecular flexibility index (Phi) is 3.38. The van der Waals surface area contributed by atoms with Crippen LogP contribution in [-0.2, 0) is 9.59 Å². The van der Waals surface area contributed by atoms with E-state index in [4.69, 9.17) is 0 Å². The van der Waals surface area contributed by atoms with Gasteiger partial charge >= 0.3 is 11.9 Å². The summed E-state index contributed by atoms with van der Waals surface area (Å²) in [4.78, 5) is 24.4. The minimum absolute atomic E-state index is 0.232. The molecule has 142 valence electrons. The quantitative estimate of drug-likeness (QED) is 0.451. The number of carboxylic acids is 2. The van der Waals surface area contributed by atoms with Gasteiger partial charge in [0.2, 0.25) is 0 Å². The third-order valence-corrected chi connectivity index (χ3v) is 7.75. The van der Waals surface area contributed by atoms with Crippen LogP contribution in [-0.4, -0.2) is 55.3 Å². The molecule has 4 aliphatic carbocycles. The minimum Gasteiger partial charge on any atom is -0.481 e. The number of aliphatic hydroxyl groups excluding tert-OH is 2. The molecule has 7 nitrogen and oxygen atoms in total. The second-order valence-corrected chi connectivity index (χ2v) is 8.80. The third kappa shape index (κ3) is 1.78. The molecule has 3 fully saturated rings. The number of carbonyl (C=O) groups is 2. The van der Waals surface area contributed by atoms with Crippen LogP contribution < -0.4 is 0 Å². The summed E-state index contributed by atoms with van der Waals surface area (Å²) >= 11 is 0. The smallest absolute Gasteiger partial charge is 0.312 e. The van der Waals surface area contributed by atoms with Crippen molar-refractivity contribution in [2.45, 2.75) is 50.4 Å². The molecule has 2 bridgehead atoms. The number of rotatable bonds is 2. The number of allylic oxidation sites excluding steroid dienone is 1. The van der Waals surface area contributed by atoms with Crippen LogP contribution in [0.2, 0.25) is 0 Å². The van der Waals surface area contributed by atoms with Crippen LogP contribution in [0.1, 0.15) is 32.6 Å². The van der Waals surface area contributed by atoms with Crippen LogP contribution in [0.3, 0.4) is 0 Å². The highest BCUT2D eigenvalue weighted by atomic mass is 16.4. The molecular formula is C19H24O7. The van der Waals surface area contributed by atoms with Crippen molar-refractivity contribution in [1.82, 2.24) is 0 Å². The monoisotopic (exact) mass is 364 g/mol. The molecule has 0 aromatic carbocycles. The van der Waals surface area contributed by atoms with Crippen molar-refractivity contribution < 1.29 is 35.1 Å². The number of aliphatic carboxylic acids is 2. The van der Waals surface area contributed by atoms with Crippen LogP contribution in [0.4, 0.5) is 0 Å². The Morgan fingerprint density at radius 3 is 2.50 bits per heavy atom. The zero-order valence-electron chi connectivity index (χ0n) is 14.6. The fourth-order valence-corrected chi connectivity index (χ4v) is 6.54. The fraction of sp³-hybridized carbons (Fsp3) is 0.684. The molecule has 0 aromatic heterocycles. The SMILES string of the molecule is C=C1CC23CC1(O)CCC2C1=CC(O)C(O)C(C)(C(=O)O)C1C3C(=O)O. The molecule has 3 saturated carbocycles. The van der Waals surface area contributed by atoms with Crippen molar-refractivity contribution in [2.75, 3.05) is 0 Å². The average molecular weight is 364 g/mol. The predicted octanol–water partition coefficient (Wildman–Crippen LogP) is 0.547. The molecule has 8 atom stereocenters. The molecule has 4 aliphatic rings. The molecule has 4 rings (SSSR count). The topological polar surface area (TPSA) is 135 Å². The van der Waals surface area contributed by atoms with Gasteiger partial charge in [0.1, 0.15) is 5.41 Å². The van der Waals surface area contributed by atoms with E-state index in [-0.39, 0.29) is 12.3 Å². The van der Waals surface area contributed by atoms with E-state index in [1.54, 1.807) is 0 Å². The third-order valence-electron chi connectivity index (χ3n) is 7.75. The largest absolute Gasteiger partial charge is 0.481 e. The lowest BCUT2D eigenvalue weighted by Gasteiger charge is -2.44. The summed E-state index contributed by atoms with van der Waals surface area (Å²) in [7, 11) is 0. The highest BCUT2D eigenvalue weighted by molar-refractivity contribution is 5.81. The summed E-state index contributed by atoms with van der Waals surface area (Å²) in [5, 5.41) is 51.6. The van der Waals surface area contributed by atoms with E-state index in [1.807, 2.05) is 0 Å². The molecule has 5 N–H and O–H groups in total. The number of carboxylic acid groups (broad SMARTS) is 2. The second-order valence-electron chi connectivity index (χ2n) is 8.80. The summed E-state index contributed by atoms with van der Waals surface area (Å²) in [5.74, 6) is -4.69. The summed E-state index contributed by atoms with van der Waals surface area (Å²) in [5.41, 5.74) is -2.55. The van der Waals surface area contributed by atoms with Crippen molar-refractivity contribution in [3.05, 3.63) is 23.8 Å². The molecule has 0 aliphatic heterocycles. The van der Waals surface area contributed by atoms with Gasteiger partial charge in [0.15, 0.2) is 0 Å². The van der Waals surface area contributed by atoms with E-state index in [0.717, 1.165) is 0 Å². The predicted molar refractivity (Wildman–Crippen MR) is 88.9 cm³/mol. The van der Waals surface area contributed by atoms with Crippen molar-refractivity contribution in [3.63, 3.8) is 0 Å². The van der Waals surface area contributed by atoms with Gasteiger partial charge in [-0.25, -0.2) is 0 Å². The molecule has 1 spiro atoms. The van der Waals surface area contributed by atoms with Gasteiger partial charge < -0.3 is 25.5 Å². The van der Waals surface area contributed by atoms with Crippen LogP contribution in [0, 0.1) is 28.6 Å². The van der Waals surface area contributed by atoms with E-state index >= 15 is 0 Å². The Morgan fingerprint density at radius 1 is 1.27 bits per heavy atom. The van der Waals surface area contributed by atoms with Crippen molar-refractivity contribution in [2.24, 2.45) is 28.6 Å². The van der Waals surface area contributed by atoms with Gasteiger partial charge in [0, 0.05) is 5.92 Å². The maximum atomic E-state index is 12.3. The molecule has 7 heteroatoms. The minimum atomic E-state index is -1.82. The molecule has 0 aromatic rings. The molecule has 8 unspecified atom stereocenters. The first kappa shape index (κ1) is 17.7. The van der Waals surface area contributed by atoms with Gasteiger partial charge in [-0.1, -0.05) is 18.2 Å². The standard InChI is InChI=1S/C19H24O7/c1-8-6-18-7-19(8,26)4-3-10(18)9-5-11(20)14(21)17(2,16(24)25)12(9)13(18)15(22)23/h5,10-14,20-21,26H,1,3-4,6-7H2,2H3,(H,22,23)(H,24,25). The first-order valence-corrected chi connectivity index (χ1v) is 8.93. The number of fused-ring (bicyclic) bond motifs is 3. The van der Waals surface area contributed by atoms with Crippen LogP contribution >= 0.6 is 0 Å². The zero-order valence-corrected chi connectivity index (χ0v) is 14.6. The number of aliphatic hydroxyl groups is 3. The summed E-state index contributed by atoms with van der Waals surface area (Å²) in [6, 6.07) is 0. The van der Waals surface area contributed by atoms with Gasteiger partial charge in [-0.05, 0) is 49.5 Å². The first-order valence-electron chi connectivity index (χ1n) is 8.93. The highest BCUT2D eigenvalue weighted by Gasteiger charge is 2.73. The van der Waals surface area contributed by atoms with E-state index < -0.39 is 52.4 Å². The Balaban J connectivity index is 1.96. The Bertz CT molecular complexity index is 757. The average Bonchev–Trinajstić information content (AvgIpc) is 2.92. The van der Waals surface area contributed by atoms with E-state index in [0.29, 0.717) is 30.4 Å². The van der Waals surface area contributed by atoms with Crippen LogP contribution in [0.5, 0.6) is 0 Å². The summed E-state index contributed by atoms with van der Waals surface area (Å²) < 4.78 is 0. The second kappa shape index (κ2) is 4.97. The molecule has 0 saturated heterocycles. The van der Waals surface area contributed by atoms with E-state index in [2.05, 4.69) is 6.58 Å². The first-order chi connectivity index (χ1) is 12.0. The lowest BCUT2D eigenvalue weighted by atomic mass is 9.60. The van der Waals surface area contributed by atoms with Gasteiger partial charge in [0.25, 0.3) is 0 Å². The number of hydrogen-bond acceptors (Lipinski definition) is 5. The Hall–Kier alpha value is -1.70. The van der Waals surface area contributed by atoms with Gasteiger partial charge in [-0.15, -0.1) is 0 Å². The number of hydrogen-bond donors (Lipinski definition) is 5. The van der Waals surface area contributed by atoms with Crippen LogP contribution in [0.15, 0.2) is 23.8 Å². The van der Waals surface area contributed by atoms with Gasteiger partial charge in [0.05, 0.1) is 23.7 Å². The lowest BCUT2D eigenvalue weighted by Crippen LogP contribution is -2.56. The van der Waals surface area contributed by atoms with E-state index in [1.165, 1.54) is 13.0 Å². The lowest BCUT2D eigenvalue weighted by molar-refractivity contribution is -0.173. The Labute approximate surface area is 150 Å². The summed E-state index contributed by atoms with van der Waals surface area (Å²) in [6.45, 7) is 5.28. The van der Waals surface area contributed by atoms with Gasteiger partial charge in [-0.3, -0.25) is 9.59 Å². The normalized spacial score (nSPS) is 52.2. The maximum Gasteiger partial charge on any atom is 0.312 e. The molecule has 26 heavy (non-hydrogen) atoms. The van der Waals surface area contributed by atoms with Crippen molar-refractivity contribution in [3.8, 4) is 0 Å². The summed E-state index contributed by atoms with van der Waals surface area (Å²) in [6.07, 6.45) is 0.00257. The zero-order chi connectivity index (χ0) is 19.2. The highest BCUT2D eigenvalue weighted by Crippen LogP contribution is 2.73. The molecule has 0 heterocycles. The van der Waals surface area contributed by atoms with E-state index in [9.17, 15) is 35.1 Å².